The van der Waals surface area contributed by atoms with Gasteiger partial charge < -0.3 is 5.11 Å². The van der Waals surface area contributed by atoms with Crippen molar-refractivity contribution in [1.82, 2.24) is 0 Å². The summed E-state index contributed by atoms with van der Waals surface area (Å²) in [6, 6.07) is 0. The molecule has 1 saturated carbocycles. The monoisotopic (exact) mass is 170 g/mol. The van der Waals surface area contributed by atoms with E-state index in [-0.39, 0.29) is 16.6 Å². The van der Waals surface area contributed by atoms with Crippen LogP contribution >= 0.6 is 0 Å². The molecule has 2 nitrogen and oxygen atoms in total. The van der Waals surface area contributed by atoms with Crippen molar-refractivity contribution >= 4 is 5.78 Å². The summed E-state index contributed by atoms with van der Waals surface area (Å²) in [4.78, 5) is 11.7. The number of ketones is 1. The molecule has 0 bridgehead atoms. The fraction of sp³-hybridized carbons (Fsp3) is 0.900. The molecular formula is C10H18O2. The molecule has 1 N–H and O–H groups in total. The molecule has 1 rings (SSSR count). The second-order valence-corrected chi connectivity index (χ2v) is 5.35. The van der Waals surface area contributed by atoms with Crippen molar-refractivity contribution < 1.29 is 9.90 Å². The van der Waals surface area contributed by atoms with Gasteiger partial charge in [-0.05, 0) is 13.3 Å². The summed E-state index contributed by atoms with van der Waals surface area (Å²) in [5.41, 5.74) is -1.82. The molecule has 0 aromatic rings. The standard InChI is InChI=1S/C10H18O2/c1-8(2)6-9(3,4)10(5,12)7(8)11/h12H,6H2,1-5H3. The SMILES string of the molecule is CC1(C)CC(C)(C)C(C)(O)C1=O. The second kappa shape index (κ2) is 2.11. The van der Waals surface area contributed by atoms with E-state index in [9.17, 15) is 9.90 Å². The number of rotatable bonds is 0. The van der Waals surface area contributed by atoms with Crippen LogP contribution in [0.2, 0.25) is 0 Å². The van der Waals surface area contributed by atoms with E-state index in [1.807, 2.05) is 27.7 Å². The van der Waals surface area contributed by atoms with Crippen LogP contribution in [-0.4, -0.2) is 16.5 Å². The number of carbonyl (C=O) groups excluding carboxylic acids is 1. The number of aliphatic hydroxyl groups is 1. The normalized spacial score (nSPS) is 38.7. The lowest BCUT2D eigenvalue weighted by Crippen LogP contribution is -2.43. The summed E-state index contributed by atoms with van der Waals surface area (Å²) in [5.74, 6) is -0.0278. The van der Waals surface area contributed by atoms with Crippen molar-refractivity contribution in [3.8, 4) is 0 Å². The van der Waals surface area contributed by atoms with Crippen molar-refractivity contribution in [2.75, 3.05) is 0 Å². The summed E-state index contributed by atoms with van der Waals surface area (Å²) in [6.45, 7) is 9.32. The Morgan fingerprint density at radius 3 is 1.67 bits per heavy atom. The zero-order valence-corrected chi connectivity index (χ0v) is 8.56. The van der Waals surface area contributed by atoms with Gasteiger partial charge in [-0.15, -0.1) is 0 Å². The summed E-state index contributed by atoms with van der Waals surface area (Å²) in [5, 5.41) is 9.98. The summed E-state index contributed by atoms with van der Waals surface area (Å²) in [6.07, 6.45) is 0.756. The van der Waals surface area contributed by atoms with Gasteiger partial charge in [0.25, 0.3) is 0 Å². The molecule has 70 valence electrons. The highest BCUT2D eigenvalue weighted by atomic mass is 16.3. The lowest BCUT2D eigenvalue weighted by atomic mass is 9.79. The average molecular weight is 170 g/mol. The van der Waals surface area contributed by atoms with Crippen LogP contribution in [0.15, 0.2) is 0 Å². The second-order valence-electron chi connectivity index (χ2n) is 5.35. The van der Waals surface area contributed by atoms with Gasteiger partial charge in [-0.3, -0.25) is 4.79 Å². The fourth-order valence-corrected chi connectivity index (χ4v) is 2.32. The minimum Gasteiger partial charge on any atom is -0.382 e. The van der Waals surface area contributed by atoms with Crippen LogP contribution in [0, 0.1) is 10.8 Å². The van der Waals surface area contributed by atoms with E-state index in [2.05, 4.69) is 0 Å². The highest BCUT2D eigenvalue weighted by molar-refractivity contribution is 5.94. The number of hydrogen-bond acceptors (Lipinski definition) is 2. The molecule has 1 fully saturated rings. The molecule has 0 amide bonds. The van der Waals surface area contributed by atoms with Crippen molar-refractivity contribution in [1.29, 1.82) is 0 Å². The predicted molar refractivity (Wildman–Crippen MR) is 47.8 cm³/mol. The van der Waals surface area contributed by atoms with Crippen LogP contribution in [0.3, 0.4) is 0 Å². The molecular weight excluding hydrogens is 152 g/mol. The molecule has 2 heteroatoms. The van der Waals surface area contributed by atoms with E-state index in [0.717, 1.165) is 6.42 Å². The maximum atomic E-state index is 11.7. The van der Waals surface area contributed by atoms with E-state index < -0.39 is 5.60 Å². The Hall–Kier alpha value is -0.370. The van der Waals surface area contributed by atoms with E-state index in [0.29, 0.717) is 0 Å². The summed E-state index contributed by atoms with van der Waals surface area (Å²) < 4.78 is 0. The molecule has 1 aliphatic carbocycles. The Balaban J connectivity index is 3.14. The van der Waals surface area contributed by atoms with Crippen LogP contribution < -0.4 is 0 Å². The first-order valence-electron chi connectivity index (χ1n) is 4.38. The van der Waals surface area contributed by atoms with Crippen LogP contribution in [0.1, 0.15) is 41.0 Å². The lowest BCUT2D eigenvalue weighted by Gasteiger charge is -2.30. The van der Waals surface area contributed by atoms with E-state index in [1.165, 1.54) is 0 Å². The van der Waals surface area contributed by atoms with Gasteiger partial charge in [-0.2, -0.15) is 0 Å². The van der Waals surface area contributed by atoms with Crippen molar-refractivity contribution in [2.45, 2.75) is 46.6 Å². The lowest BCUT2D eigenvalue weighted by molar-refractivity contribution is -0.143. The maximum Gasteiger partial charge on any atom is 0.170 e. The molecule has 0 aromatic carbocycles. The number of carbonyl (C=O) groups is 1. The molecule has 0 heterocycles. The zero-order chi connectivity index (χ0) is 9.78. The molecule has 0 aliphatic heterocycles. The molecule has 0 radical (unpaired) electrons. The van der Waals surface area contributed by atoms with E-state index in [1.54, 1.807) is 6.92 Å². The van der Waals surface area contributed by atoms with Gasteiger partial charge in [0, 0.05) is 10.8 Å². The van der Waals surface area contributed by atoms with Gasteiger partial charge in [0.1, 0.15) is 5.60 Å². The topological polar surface area (TPSA) is 37.3 Å². The highest BCUT2D eigenvalue weighted by Crippen LogP contribution is 2.51. The Kier molecular flexibility index (Phi) is 1.71. The highest BCUT2D eigenvalue weighted by Gasteiger charge is 2.59. The van der Waals surface area contributed by atoms with Gasteiger partial charge in [0.15, 0.2) is 5.78 Å². The molecule has 0 spiro atoms. The van der Waals surface area contributed by atoms with Crippen LogP contribution in [0.4, 0.5) is 0 Å². The largest absolute Gasteiger partial charge is 0.382 e. The first-order chi connectivity index (χ1) is 5.11. The maximum absolute atomic E-state index is 11.7. The van der Waals surface area contributed by atoms with Gasteiger partial charge in [0.2, 0.25) is 0 Å². The first-order valence-corrected chi connectivity index (χ1v) is 4.38. The third-order valence-electron chi connectivity index (χ3n) is 3.26. The molecule has 1 atom stereocenters. The van der Waals surface area contributed by atoms with Crippen molar-refractivity contribution in [3.63, 3.8) is 0 Å². The first kappa shape index (κ1) is 9.72. The number of hydrogen-bond donors (Lipinski definition) is 1. The van der Waals surface area contributed by atoms with E-state index in [4.69, 9.17) is 0 Å². The Morgan fingerprint density at radius 2 is 1.58 bits per heavy atom. The summed E-state index contributed by atoms with van der Waals surface area (Å²) in [7, 11) is 0. The van der Waals surface area contributed by atoms with Crippen molar-refractivity contribution in [2.24, 2.45) is 10.8 Å². The average Bonchev–Trinajstić information content (AvgIpc) is 1.90. The minimum atomic E-state index is -1.16. The third-order valence-corrected chi connectivity index (χ3v) is 3.26. The van der Waals surface area contributed by atoms with Gasteiger partial charge >= 0.3 is 0 Å². The van der Waals surface area contributed by atoms with Crippen LogP contribution in [0.5, 0.6) is 0 Å². The van der Waals surface area contributed by atoms with Crippen LogP contribution in [-0.2, 0) is 4.79 Å². The zero-order valence-electron chi connectivity index (χ0n) is 8.56. The Labute approximate surface area is 74.0 Å². The Morgan fingerprint density at radius 1 is 1.17 bits per heavy atom. The summed E-state index contributed by atoms with van der Waals surface area (Å²) >= 11 is 0. The minimum absolute atomic E-state index is 0.0278. The smallest absolute Gasteiger partial charge is 0.170 e. The van der Waals surface area contributed by atoms with Gasteiger partial charge in [0.05, 0.1) is 0 Å². The number of Topliss-reactive ketones (excluding diaryl/α,β-unsaturated/α-hetero) is 1. The van der Waals surface area contributed by atoms with E-state index >= 15 is 0 Å². The quantitative estimate of drug-likeness (QED) is 0.601. The van der Waals surface area contributed by atoms with Crippen LogP contribution in [0.25, 0.3) is 0 Å². The molecule has 0 aromatic heterocycles. The fourth-order valence-electron chi connectivity index (χ4n) is 2.32. The Bertz CT molecular complexity index is 224. The molecule has 1 aliphatic rings. The van der Waals surface area contributed by atoms with Gasteiger partial charge in [-0.1, -0.05) is 27.7 Å². The molecule has 1 unspecified atom stereocenters. The predicted octanol–water partition coefficient (Wildman–Crippen LogP) is 1.76. The third kappa shape index (κ3) is 1.01. The van der Waals surface area contributed by atoms with Gasteiger partial charge in [-0.25, -0.2) is 0 Å². The molecule has 0 saturated heterocycles. The molecule has 12 heavy (non-hydrogen) atoms. The van der Waals surface area contributed by atoms with Crippen molar-refractivity contribution in [3.05, 3.63) is 0 Å².